The van der Waals surface area contributed by atoms with E-state index >= 15 is 0 Å². The Labute approximate surface area is 112 Å². The van der Waals surface area contributed by atoms with E-state index in [1.807, 2.05) is 0 Å². The van der Waals surface area contributed by atoms with Crippen molar-refractivity contribution < 1.29 is 19.8 Å². The molecule has 0 aromatic heterocycles. The molecule has 1 amide bonds. The van der Waals surface area contributed by atoms with Crippen LogP contribution in [0.15, 0.2) is 18.2 Å². The minimum absolute atomic E-state index is 0.297. The van der Waals surface area contributed by atoms with Crippen molar-refractivity contribution >= 4 is 33.3 Å². The largest absolute Gasteiger partial charge is 0.390 e. The van der Waals surface area contributed by atoms with Crippen molar-refractivity contribution in [3.05, 3.63) is 29.3 Å². The lowest BCUT2D eigenvalue weighted by Gasteiger charge is -2.17. The molecule has 0 spiro atoms. The number of carbonyl (C=O) groups is 2. The zero-order valence-corrected chi connectivity index (χ0v) is 11.0. The summed E-state index contributed by atoms with van der Waals surface area (Å²) >= 11 is 3.18. The van der Waals surface area contributed by atoms with Crippen LogP contribution in [-0.2, 0) is 4.79 Å². The molecule has 96 valence electrons. The normalized spacial score (nSPS) is 17.3. The third-order valence-electron chi connectivity index (χ3n) is 2.85. The van der Waals surface area contributed by atoms with E-state index in [0.717, 1.165) is 0 Å². The quantitative estimate of drug-likeness (QED) is 0.572. The van der Waals surface area contributed by atoms with Crippen LogP contribution in [0.4, 0.5) is 5.69 Å². The van der Waals surface area contributed by atoms with Crippen LogP contribution < -0.4 is 5.32 Å². The summed E-state index contributed by atoms with van der Waals surface area (Å²) in [7, 11) is 0. The molecule has 5 nitrogen and oxygen atoms in total. The topological polar surface area (TPSA) is 86.6 Å². The summed E-state index contributed by atoms with van der Waals surface area (Å²) in [6, 6.07) is 4.54. The minimum Gasteiger partial charge on any atom is -0.390 e. The molecule has 0 saturated heterocycles. The van der Waals surface area contributed by atoms with Gasteiger partial charge in [-0.2, -0.15) is 0 Å². The molecule has 1 aliphatic heterocycles. The first-order valence-corrected chi connectivity index (χ1v) is 6.58. The molecule has 1 aliphatic rings. The summed E-state index contributed by atoms with van der Waals surface area (Å²) in [4.78, 5) is 22.6. The fourth-order valence-corrected chi connectivity index (χ4v) is 2.31. The van der Waals surface area contributed by atoms with Crippen LogP contribution in [0.2, 0.25) is 0 Å². The summed E-state index contributed by atoms with van der Waals surface area (Å²) < 4.78 is 0. The maximum Gasteiger partial charge on any atom is 0.296 e. The lowest BCUT2D eigenvalue weighted by atomic mass is 10.00. The molecule has 0 bridgehead atoms. The highest BCUT2D eigenvalue weighted by molar-refractivity contribution is 9.09. The van der Waals surface area contributed by atoms with Crippen LogP contribution in [0.5, 0.6) is 0 Å². The number of rotatable bonds is 4. The second-order valence-electron chi connectivity index (χ2n) is 4.08. The van der Waals surface area contributed by atoms with Crippen molar-refractivity contribution in [2.45, 2.75) is 18.6 Å². The third-order valence-corrected chi connectivity index (χ3v) is 3.31. The van der Waals surface area contributed by atoms with Crippen molar-refractivity contribution in [3.8, 4) is 0 Å². The van der Waals surface area contributed by atoms with Gasteiger partial charge in [0, 0.05) is 5.33 Å². The van der Waals surface area contributed by atoms with Crippen LogP contribution in [0, 0.1) is 0 Å². The highest BCUT2D eigenvalue weighted by Crippen LogP contribution is 2.28. The number of Topliss-reactive ketones (excluding diaryl/α,β-unsaturated/α-hetero) is 1. The van der Waals surface area contributed by atoms with E-state index < -0.39 is 23.9 Å². The van der Waals surface area contributed by atoms with Crippen molar-refractivity contribution in [2.24, 2.45) is 0 Å². The maximum atomic E-state index is 11.4. The van der Waals surface area contributed by atoms with Gasteiger partial charge in [0.2, 0.25) is 0 Å². The SMILES string of the molecule is O=C1Nc2cc(C(O)C(O)CCBr)ccc2C1=O. The van der Waals surface area contributed by atoms with Gasteiger partial charge in [-0.1, -0.05) is 22.0 Å². The smallest absolute Gasteiger partial charge is 0.296 e. The molecule has 0 aliphatic carbocycles. The summed E-state index contributed by atoms with van der Waals surface area (Å²) in [6.07, 6.45) is -1.53. The summed E-state index contributed by atoms with van der Waals surface area (Å²) in [5.74, 6) is -1.25. The standard InChI is InChI=1S/C12H12BrNO4/c13-4-3-9(15)10(16)6-1-2-7-8(5-6)14-12(18)11(7)17/h1-2,5,9-10,15-16H,3-4H2,(H,14,17,18). The summed E-state index contributed by atoms with van der Waals surface area (Å²) in [5, 5.41) is 22.6. The lowest BCUT2D eigenvalue weighted by Crippen LogP contribution is -2.18. The first-order chi connectivity index (χ1) is 8.54. The average molecular weight is 314 g/mol. The molecule has 18 heavy (non-hydrogen) atoms. The van der Waals surface area contributed by atoms with Crippen molar-refractivity contribution in [2.75, 3.05) is 10.6 Å². The minimum atomic E-state index is -1.04. The van der Waals surface area contributed by atoms with E-state index in [0.29, 0.717) is 28.6 Å². The Kier molecular flexibility index (Phi) is 3.79. The Bertz CT molecular complexity index is 503. The van der Waals surface area contributed by atoms with E-state index in [4.69, 9.17) is 0 Å². The molecular weight excluding hydrogens is 302 g/mol. The molecular formula is C12H12BrNO4. The molecule has 1 aromatic carbocycles. The number of anilines is 1. The number of benzene rings is 1. The number of halogens is 1. The van der Waals surface area contributed by atoms with Crippen molar-refractivity contribution in [1.82, 2.24) is 0 Å². The number of alkyl halides is 1. The number of aliphatic hydroxyl groups excluding tert-OH is 2. The Morgan fingerprint density at radius 1 is 1.28 bits per heavy atom. The molecule has 6 heteroatoms. The molecule has 1 aromatic rings. The number of amides is 1. The monoisotopic (exact) mass is 313 g/mol. The van der Waals surface area contributed by atoms with Gasteiger partial charge in [-0.15, -0.1) is 0 Å². The highest BCUT2D eigenvalue weighted by Gasteiger charge is 2.29. The zero-order chi connectivity index (χ0) is 13.3. The van der Waals surface area contributed by atoms with Crippen LogP contribution >= 0.6 is 15.9 Å². The van der Waals surface area contributed by atoms with Crippen molar-refractivity contribution in [3.63, 3.8) is 0 Å². The third kappa shape index (κ3) is 2.31. The second kappa shape index (κ2) is 5.17. The summed E-state index contributed by atoms with van der Waals surface area (Å²) in [6.45, 7) is 0. The Hall–Kier alpha value is -1.24. The van der Waals surface area contributed by atoms with Crippen LogP contribution in [-0.4, -0.2) is 33.3 Å². The van der Waals surface area contributed by atoms with Gasteiger partial charge in [-0.05, 0) is 24.1 Å². The molecule has 3 N–H and O–H groups in total. The molecule has 2 rings (SSSR count). The van der Waals surface area contributed by atoms with Gasteiger partial charge in [0.15, 0.2) is 0 Å². The number of nitrogens with one attached hydrogen (secondary N) is 1. The van der Waals surface area contributed by atoms with Crippen LogP contribution in [0.1, 0.15) is 28.4 Å². The highest BCUT2D eigenvalue weighted by atomic mass is 79.9. The Morgan fingerprint density at radius 2 is 2.00 bits per heavy atom. The molecule has 1 heterocycles. The molecule has 0 saturated carbocycles. The van der Waals surface area contributed by atoms with Gasteiger partial charge in [0.25, 0.3) is 11.7 Å². The molecule has 2 atom stereocenters. The second-order valence-corrected chi connectivity index (χ2v) is 4.87. The van der Waals surface area contributed by atoms with Gasteiger partial charge in [-0.3, -0.25) is 9.59 Å². The predicted octanol–water partition coefficient (Wildman–Crippen LogP) is 1.00. The van der Waals surface area contributed by atoms with E-state index in [1.54, 1.807) is 6.07 Å². The Balaban J connectivity index is 2.25. The van der Waals surface area contributed by atoms with Crippen molar-refractivity contribution in [1.29, 1.82) is 0 Å². The van der Waals surface area contributed by atoms with Gasteiger partial charge in [0.1, 0.15) is 6.10 Å². The van der Waals surface area contributed by atoms with E-state index in [-0.39, 0.29) is 0 Å². The fourth-order valence-electron chi connectivity index (χ4n) is 1.84. The number of fused-ring (bicyclic) bond motifs is 1. The number of hydrogen-bond acceptors (Lipinski definition) is 4. The first-order valence-electron chi connectivity index (χ1n) is 5.46. The zero-order valence-electron chi connectivity index (χ0n) is 9.39. The average Bonchev–Trinajstić information content (AvgIpc) is 2.64. The van der Waals surface area contributed by atoms with Crippen LogP contribution in [0.25, 0.3) is 0 Å². The van der Waals surface area contributed by atoms with E-state index in [2.05, 4.69) is 21.2 Å². The van der Waals surface area contributed by atoms with Crippen LogP contribution in [0.3, 0.4) is 0 Å². The van der Waals surface area contributed by atoms with Gasteiger partial charge in [0.05, 0.1) is 17.4 Å². The molecule has 2 unspecified atom stereocenters. The molecule has 0 radical (unpaired) electrons. The van der Waals surface area contributed by atoms with E-state index in [1.165, 1.54) is 12.1 Å². The summed E-state index contributed by atoms with van der Waals surface area (Å²) in [5.41, 5.74) is 1.15. The number of aliphatic hydroxyl groups is 2. The predicted molar refractivity (Wildman–Crippen MR) is 68.8 cm³/mol. The molecule has 0 fully saturated rings. The Morgan fingerprint density at radius 3 is 2.67 bits per heavy atom. The van der Waals surface area contributed by atoms with Gasteiger partial charge >= 0.3 is 0 Å². The number of ketones is 1. The lowest BCUT2D eigenvalue weighted by molar-refractivity contribution is -0.112. The fraction of sp³-hybridized carbons (Fsp3) is 0.333. The van der Waals surface area contributed by atoms with E-state index in [9.17, 15) is 19.8 Å². The first kappa shape index (κ1) is 13.2. The number of hydrogen-bond donors (Lipinski definition) is 3. The number of carbonyl (C=O) groups excluding carboxylic acids is 2. The maximum absolute atomic E-state index is 11.4. The van der Waals surface area contributed by atoms with Gasteiger partial charge < -0.3 is 15.5 Å². The van der Waals surface area contributed by atoms with Gasteiger partial charge in [-0.25, -0.2) is 0 Å².